The molecular formula is C22H23NO4S. The molecule has 6 heteroatoms. The summed E-state index contributed by atoms with van der Waals surface area (Å²) in [5.41, 5.74) is 4.59. The highest BCUT2D eigenvalue weighted by Crippen LogP contribution is 2.44. The predicted molar refractivity (Wildman–Crippen MR) is 110 cm³/mol. The maximum atomic E-state index is 12.4. The topological polar surface area (TPSA) is 75.6 Å². The van der Waals surface area contributed by atoms with Gasteiger partial charge in [0.25, 0.3) is 0 Å². The molecule has 0 bridgehead atoms. The molecule has 2 aromatic rings. The zero-order chi connectivity index (χ0) is 19.5. The summed E-state index contributed by atoms with van der Waals surface area (Å²) in [5.74, 6) is 0.791. The van der Waals surface area contributed by atoms with Gasteiger partial charge in [0.2, 0.25) is 0 Å². The molecule has 1 aliphatic heterocycles. The highest BCUT2D eigenvalue weighted by Gasteiger charge is 2.33. The van der Waals surface area contributed by atoms with Crippen LogP contribution >= 0.6 is 11.8 Å². The van der Waals surface area contributed by atoms with E-state index < -0.39 is 18.1 Å². The Morgan fingerprint density at radius 1 is 1.04 bits per heavy atom. The third kappa shape index (κ3) is 3.74. The second kappa shape index (κ2) is 8.27. The van der Waals surface area contributed by atoms with E-state index in [1.54, 1.807) is 0 Å². The van der Waals surface area contributed by atoms with Crippen molar-refractivity contribution in [2.24, 2.45) is 5.92 Å². The van der Waals surface area contributed by atoms with Crippen molar-refractivity contribution in [2.45, 2.75) is 24.8 Å². The molecule has 146 valence electrons. The molecule has 1 fully saturated rings. The van der Waals surface area contributed by atoms with Gasteiger partial charge in [-0.25, -0.2) is 9.59 Å². The molecule has 0 unspecified atom stereocenters. The fourth-order valence-corrected chi connectivity index (χ4v) is 5.34. The molecule has 28 heavy (non-hydrogen) atoms. The van der Waals surface area contributed by atoms with E-state index in [-0.39, 0.29) is 18.4 Å². The summed E-state index contributed by atoms with van der Waals surface area (Å²) >= 11 is 1.82. The summed E-state index contributed by atoms with van der Waals surface area (Å²) < 4.78 is 5.49. The van der Waals surface area contributed by atoms with Gasteiger partial charge < -0.3 is 15.2 Å². The Morgan fingerprint density at radius 3 is 2.18 bits per heavy atom. The number of alkyl carbamates (subject to hydrolysis) is 1. The van der Waals surface area contributed by atoms with E-state index in [1.165, 1.54) is 0 Å². The van der Waals surface area contributed by atoms with Crippen molar-refractivity contribution in [3.63, 3.8) is 0 Å². The van der Waals surface area contributed by atoms with Crippen molar-refractivity contribution in [3.05, 3.63) is 59.7 Å². The number of benzene rings is 2. The van der Waals surface area contributed by atoms with Crippen LogP contribution in [-0.4, -0.2) is 41.3 Å². The number of carbonyl (C=O) groups is 2. The lowest BCUT2D eigenvalue weighted by Gasteiger charge is -2.27. The summed E-state index contributed by atoms with van der Waals surface area (Å²) in [6, 6.07) is 15.4. The number of fused-ring (bicyclic) bond motifs is 3. The van der Waals surface area contributed by atoms with Crippen molar-refractivity contribution in [3.8, 4) is 11.1 Å². The Hall–Kier alpha value is -2.47. The summed E-state index contributed by atoms with van der Waals surface area (Å²) in [5, 5.41) is 12.1. The van der Waals surface area contributed by atoms with Crippen LogP contribution in [0.15, 0.2) is 48.5 Å². The van der Waals surface area contributed by atoms with E-state index in [2.05, 4.69) is 29.6 Å². The molecule has 1 amide bonds. The lowest BCUT2D eigenvalue weighted by Crippen LogP contribution is -2.47. The molecule has 4 rings (SSSR count). The van der Waals surface area contributed by atoms with E-state index >= 15 is 0 Å². The number of carboxylic acids is 1. The molecule has 1 atom stereocenters. The number of aliphatic carboxylic acids is 1. The van der Waals surface area contributed by atoms with Crippen LogP contribution in [0.3, 0.4) is 0 Å². The number of thioether (sulfide) groups is 1. The zero-order valence-corrected chi connectivity index (χ0v) is 16.3. The Labute approximate surface area is 168 Å². The minimum Gasteiger partial charge on any atom is -0.480 e. The molecule has 0 saturated carbocycles. The van der Waals surface area contributed by atoms with Gasteiger partial charge in [-0.3, -0.25) is 0 Å². The first-order valence-electron chi connectivity index (χ1n) is 9.57. The number of ether oxygens (including phenoxy) is 1. The molecule has 0 spiro atoms. The number of hydrogen-bond donors (Lipinski definition) is 2. The summed E-state index contributed by atoms with van der Waals surface area (Å²) in [4.78, 5) is 24.0. The van der Waals surface area contributed by atoms with Gasteiger partial charge in [0.1, 0.15) is 12.6 Å². The average molecular weight is 397 g/mol. The smallest absolute Gasteiger partial charge is 0.407 e. The van der Waals surface area contributed by atoms with Crippen LogP contribution in [0.2, 0.25) is 0 Å². The third-order valence-electron chi connectivity index (χ3n) is 5.62. The van der Waals surface area contributed by atoms with Crippen LogP contribution in [-0.2, 0) is 9.53 Å². The second-order valence-corrected chi connectivity index (χ2v) is 8.46. The fourth-order valence-electron chi connectivity index (χ4n) is 4.20. The summed E-state index contributed by atoms with van der Waals surface area (Å²) in [6.07, 6.45) is 0.934. The Bertz CT molecular complexity index is 833. The number of hydrogen-bond acceptors (Lipinski definition) is 4. The third-order valence-corrected chi connectivity index (χ3v) is 6.67. The Morgan fingerprint density at radius 2 is 1.61 bits per heavy atom. The van der Waals surface area contributed by atoms with Crippen LogP contribution in [0.4, 0.5) is 4.79 Å². The van der Waals surface area contributed by atoms with E-state index in [4.69, 9.17) is 4.74 Å². The van der Waals surface area contributed by atoms with Gasteiger partial charge in [-0.05, 0) is 52.5 Å². The fraction of sp³-hybridized carbons (Fsp3) is 0.364. The maximum absolute atomic E-state index is 12.4. The van der Waals surface area contributed by atoms with Gasteiger partial charge in [-0.15, -0.1) is 0 Å². The first-order chi connectivity index (χ1) is 13.6. The molecule has 5 nitrogen and oxygen atoms in total. The first kappa shape index (κ1) is 18.9. The number of nitrogens with one attached hydrogen (secondary N) is 1. The highest BCUT2D eigenvalue weighted by atomic mass is 32.2. The van der Waals surface area contributed by atoms with Gasteiger partial charge in [0.05, 0.1) is 0 Å². The van der Waals surface area contributed by atoms with Gasteiger partial charge in [0, 0.05) is 5.92 Å². The highest BCUT2D eigenvalue weighted by molar-refractivity contribution is 7.99. The quantitative estimate of drug-likeness (QED) is 0.794. The van der Waals surface area contributed by atoms with Crippen LogP contribution in [0.5, 0.6) is 0 Å². The Kier molecular flexibility index (Phi) is 5.57. The van der Waals surface area contributed by atoms with E-state index in [0.717, 1.165) is 46.6 Å². The van der Waals surface area contributed by atoms with E-state index in [0.29, 0.717) is 0 Å². The monoisotopic (exact) mass is 397 g/mol. The van der Waals surface area contributed by atoms with Crippen molar-refractivity contribution < 1.29 is 19.4 Å². The molecule has 1 heterocycles. The molecule has 0 radical (unpaired) electrons. The molecule has 2 N–H and O–H groups in total. The number of amides is 1. The molecule has 1 saturated heterocycles. The SMILES string of the molecule is O=C(N[C@@H](C(=O)O)C1CCSCC1)OCC1c2ccccc2-c2ccccc21. The van der Waals surface area contributed by atoms with Crippen LogP contribution in [0.1, 0.15) is 29.9 Å². The zero-order valence-electron chi connectivity index (χ0n) is 15.5. The minimum absolute atomic E-state index is 0.0347. The second-order valence-electron chi connectivity index (χ2n) is 7.24. The van der Waals surface area contributed by atoms with Crippen molar-refractivity contribution in [2.75, 3.05) is 18.1 Å². The average Bonchev–Trinajstić information content (AvgIpc) is 3.05. The van der Waals surface area contributed by atoms with Gasteiger partial charge in [-0.2, -0.15) is 11.8 Å². The van der Waals surface area contributed by atoms with Crippen molar-refractivity contribution in [1.82, 2.24) is 5.32 Å². The summed E-state index contributed by atoms with van der Waals surface area (Å²) in [7, 11) is 0. The largest absolute Gasteiger partial charge is 0.480 e. The number of rotatable bonds is 5. The lowest BCUT2D eigenvalue weighted by molar-refractivity contribution is -0.140. The van der Waals surface area contributed by atoms with Crippen LogP contribution in [0.25, 0.3) is 11.1 Å². The first-order valence-corrected chi connectivity index (χ1v) is 10.7. The predicted octanol–water partition coefficient (Wildman–Crippen LogP) is 4.12. The lowest BCUT2D eigenvalue weighted by atomic mass is 9.94. The number of carbonyl (C=O) groups excluding carboxylic acids is 1. The van der Waals surface area contributed by atoms with Gasteiger partial charge >= 0.3 is 12.1 Å². The molecular weight excluding hydrogens is 374 g/mol. The minimum atomic E-state index is -0.995. The molecule has 2 aromatic carbocycles. The van der Waals surface area contributed by atoms with E-state index in [1.807, 2.05) is 36.0 Å². The van der Waals surface area contributed by atoms with E-state index in [9.17, 15) is 14.7 Å². The van der Waals surface area contributed by atoms with Crippen molar-refractivity contribution >= 4 is 23.8 Å². The molecule has 2 aliphatic rings. The number of carboxylic acid groups (broad SMARTS) is 1. The van der Waals surface area contributed by atoms with Gasteiger partial charge in [0.15, 0.2) is 0 Å². The standard InChI is InChI=1S/C22H23NO4S/c24-21(25)20(14-9-11-28-12-10-14)23-22(26)27-13-19-17-7-3-1-5-15(17)16-6-2-4-8-18(16)19/h1-8,14,19-20H,9-13H2,(H,23,26)(H,24,25)/t20-/m1/s1. The molecule has 0 aromatic heterocycles. The van der Waals surface area contributed by atoms with Crippen molar-refractivity contribution in [1.29, 1.82) is 0 Å². The summed E-state index contributed by atoms with van der Waals surface area (Å²) in [6.45, 7) is 0.187. The Balaban J connectivity index is 1.44. The van der Waals surface area contributed by atoms with Crippen LogP contribution < -0.4 is 5.32 Å². The molecule has 1 aliphatic carbocycles. The maximum Gasteiger partial charge on any atom is 0.407 e. The van der Waals surface area contributed by atoms with Crippen LogP contribution in [0, 0.1) is 5.92 Å². The normalized spacial score (nSPS) is 17.4. The van der Waals surface area contributed by atoms with Gasteiger partial charge in [-0.1, -0.05) is 48.5 Å².